The zero-order chi connectivity index (χ0) is 20.2. The van der Waals surface area contributed by atoms with Crippen LogP contribution in [0.15, 0.2) is 30.5 Å². The molecule has 4 saturated carbocycles. The van der Waals surface area contributed by atoms with Crippen molar-refractivity contribution in [2.75, 3.05) is 0 Å². The molecule has 1 amide bonds. The van der Waals surface area contributed by atoms with Crippen LogP contribution < -0.4 is 5.32 Å². The quantitative estimate of drug-likeness (QED) is 0.394. The number of hydrogen-bond acceptors (Lipinski definition) is 3. The van der Waals surface area contributed by atoms with Gasteiger partial charge in [0.1, 0.15) is 12.0 Å². The lowest BCUT2D eigenvalue weighted by molar-refractivity contribution is -0.122. The molecule has 2 aromatic rings. The third-order valence-corrected chi connectivity index (χ3v) is 7.22. The van der Waals surface area contributed by atoms with E-state index in [1.807, 2.05) is 0 Å². The molecular weight excluding hydrogens is 411 g/mol. The van der Waals surface area contributed by atoms with Crippen LogP contribution in [0.25, 0.3) is 10.9 Å². The molecule has 0 saturated heterocycles. The third-order valence-electron chi connectivity index (χ3n) is 6.69. The van der Waals surface area contributed by atoms with Crippen molar-refractivity contribution < 1.29 is 14.3 Å². The van der Waals surface area contributed by atoms with E-state index in [1.165, 1.54) is 25.3 Å². The van der Waals surface area contributed by atoms with E-state index >= 15 is 0 Å². The Morgan fingerprint density at radius 3 is 2.38 bits per heavy atom. The van der Waals surface area contributed by atoms with E-state index in [0.717, 1.165) is 43.3 Å². The number of halogens is 2. The summed E-state index contributed by atoms with van der Waals surface area (Å²) in [6.07, 6.45) is 9.65. The number of nitrogens with one attached hydrogen (secondary N) is 2. The topological polar surface area (TPSA) is 71.2 Å². The smallest absolute Gasteiger partial charge is 0.359 e. The summed E-state index contributed by atoms with van der Waals surface area (Å²) in [7, 11) is 0. The van der Waals surface area contributed by atoms with Gasteiger partial charge in [-0.05, 0) is 74.5 Å². The predicted molar refractivity (Wildman–Crippen MR) is 112 cm³/mol. The lowest BCUT2D eigenvalue weighted by Crippen LogP contribution is -2.59. The Hall–Kier alpha value is -1.98. The van der Waals surface area contributed by atoms with Gasteiger partial charge >= 0.3 is 5.97 Å². The summed E-state index contributed by atoms with van der Waals surface area (Å²) >= 11 is 12.1. The molecule has 7 heteroatoms. The average Bonchev–Trinajstić information content (AvgIpc) is 3.04. The van der Waals surface area contributed by atoms with E-state index in [-0.39, 0.29) is 17.1 Å². The number of aromatic nitrogens is 1. The highest BCUT2D eigenvalue weighted by Gasteiger charge is 2.51. The molecule has 29 heavy (non-hydrogen) atoms. The lowest BCUT2D eigenvalue weighted by atomic mass is 9.53. The molecule has 152 valence electrons. The summed E-state index contributed by atoms with van der Waals surface area (Å²) in [5.41, 5.74) is 0.834. The van der Waals surface area contributed by atoms with Crippen LogP contribution in [0.1, 0.15) is 49.0 Å². The van der Waals surface area contributed by atoms with Crippen LogP contribution in [0.5, 0.6) is 0 Å². The molecule has 4 aliphatic carbocycles. The molecule has 0 atom stereocenters. The fourth-order valence-electron chi connectivity index (χ4n) is 6.06. The highest BCUT2D eigenvalue weighted by molar-refractivity contribution is 6.38. The summed E-state index contributed by atoms with van der Waals surface area (Å²) in [5, 5.41) is 4.83. The van der Waals surface area contributed by atoms with Crippen LogP contribution in [0.4, 0.5) is 0 Å². The molecule has 0 aliphatic heterocycles. The minimum atomic E-state index is -0.591. The maximum absolute atomic E-state index is 12.4. The van der Waals surface area contributed by atoms with Crippen molar-refractivity contribution in [1.82, 2.24) is 10.3 Å². The van der Waals surface area contributed by atoms with E-state index < -0.39 is 5.97 Å². The molecule has 0 spiro atoms. The fourth-order valence-corrected chi connectivity index (χ4v) is 6.61. The van der Waals surface area contributed by atoms with Gasteiger partial charge in [0, 0.05) is 27.5 Å². The molecule has 5 nitrogen and oxygen atoms in total. The van der Waals surface area contributed by atoms with Gasteiger partial charge in [-0.15, -0.1) is 0 Å². The van der Waals surface area contributed by atoms with Gasteiger partial charge in [0.25, 0.3) is 0 Å². The SMILES string of the molecule is O=C(C=COC(=O)c1cc2c(Cl)cc(Cl)cc2[nH]1)NC12CC3CC(CC(C3)C1)C2. The van der Waals surface area contributed by atoms with Gasteiger partial charge in [-0.25, -0.2) is 4.79 Å². The number of rotatable bonds is 4. The van der Waals surface area contributed by atoms with Gasteiger partial charge in [0.2, 0.25) is 5.91 Å². The lowest BCUT2D eigenvalue weighted by Gasteiger charge is -2.56. The number of carbonyl (C=O) groups excluding carboxylic acids is 2. The molecule has 0 unspecified atom stereocenters. The Morgan fingerprint density at radius 2 is 1.72 bits per heavy atom. The van der Waals surface area contributed by atoms with E-state index in [9.17, 15) is 9.59 Å². The molecule has 4 aliphatic rings. The summed E-state index contributed by atoms with van der Waals surface area (Å²) in [6.45, 7) is 0. The number of benzene rings is 1. The highest BCUT2D eigenvalue weighted by atomic mass is 35.5. The number of H-pyrrole nitrogens is 1. The Kier molecular flexibility index (Phi) is 4.63. The maximum Gasteiger partial charge on any atom is 0.359 e. The van der Waals surface area contributed by atoms with Crippen LogP contribution in [0.2, 0.25) is 10.0 Å². The fraction of sp³-hybridized carbons (Fsp3) is 0.455. The van der Waals surface area contributed by atoms with Crippen LogP contribution >= 0.6 is 23.2 Å². The monoisotopic (exact) mass is 432 g/mol. The van der Waals surface area contributed by atoms with Crippen LogP contribution in [0.3, 0.4) is 0 Å². The minimum Gasteiger partial charge on any atom is -0.430 e. The predicted octanol–water partition coefficient (Wildman–Crippen LogP) is 5.23. The summed E-state index contributed by atoms with van der Waals surface area (Å²) in [6, 6.07) is 4.91. The number of amides is 1. The summed E-state index contributed by atoms with van der Waals surface area (Å²) < 4.78 is 5.13. The highest BCUT2D eigenvalue weighted by Crippen LogP contribution is 2.55. The second-order valence-corrected chi connectivity index (χ2v) is 9.77. The molecule has 1 aromatic carbocycles. The third kappa shape index (κ3) is 3.66. The first-order valence-corrected chi connectivity index (χ1v) is 10.8. The number of ether oxygens (including phenoxy) is 1. The molecule has 1 heterocycles. The molecule has 6 rings (SSSR count). The zero-order valence-corrected chi connectivity index (χ0v) is 17.4. The Balaban J connectivity index is 1.21. The largest absolute Gasteiger partial charge is 0.430 e. The molecular formula is C22H22Cl2N2O3. The molecule has 4 bridgehead atoms. The van der Waals surface area contributed by atoms with Gasteiger partial charge in [-0.1, -0.05) is 23.2 Å². The molecule has 1 aromatic heterocycles. The van der Waals surface area contributed by atoms with E-state index in [2.05, 4.69) is 10.3 Å². The first-order chi connectivity index (χ1) is 13.9. The average molecular weight is 433 g/mol. The molecule has 2 N–H and O–H groups in total. The van der Waals surface area contributed by atoms with Crippen LogP contribution in [0, 0.1) is 17.8 Å². The Morgan fingerprint density at radius 1 is 1.07 bits per heavy atom. The van der Waals surface area contributed by atoms with Crippen LogP contribution in [-0.4, -0.2) is 22.4 Å². The number of hydrogen-bond donors (Lipinski definition) is 2. The zero-order valence-electron chi connectivity index (χ0n) is 15.8. The van der Waals surface area contributed by atoms with Crippen molar-refractivity contribution in [2.45, 2.75) is 44.1 Å². The maximum atomic E-state index is 12.4. The standard InChI is InChI=1S/C22H22Cl2N2O3/c23-15-6-17(24)16-8-19(25-18(16)7-15)21(28)29-2-1-20(27)26-22-9-12-3-13(10-22)5-14(4-12)11-22/h1-2,6-8,12-14,25H,3-5,9-11H2,(H,26,27). The van der Waals surface area contributed by atoms with Gasteiger partial charge in [-0.2, -0.15) is 0 Å². The van der Waals surface area contributed by atoms with Crippen molar-refractivity contribution in [2.24, 2.45) is 17.8 Å². The first-order valence-electron chi connectivity index (χ1n) is 10.1. The van der Waals surface area contributed by atoms with E-state index in [1.54, 1.807) is 18.2 Å². The number of carbonyl (C=O) groups is 2. The van der Waals surface area contributed by atoms with Gasteiger partial charge in [0.15, 0.2) is 0 Å². The van der Waals surface area contributed by atoms with E-state index in [0.29, 0.717) is 20.9 Å². The molecule has 0 radical (unpaired) electrons. The van der Waals surface area contributed by atoms with Gasteiger partial charge < -0.3 is 15.0 Å². The molecule has 4 fully saturated rings. The minimum absolute atomic E-state index is 0.0621. The summed E-state index contributed by atoms with van der Waals surface area (Å²) in [4.78, 5) is 27.7. The van der Waals surface area contributed by atoms with Crippen molar-refractivity contribution in [3.8, 4) is 0 Å². The Labute approximate surface area is 178 Å². The second-order valence-electron chi connectivity index (χ2n) is 8.93. The van der Waals surface area contributed by atoms with Crippen molar-refractivity contribution in [3.63, 3.8) is 0 Å². The Bertz CT molecular complexity index is 991. The van der Waals surface area contributed by atoms with Gasteiger partial charge in [-0.3, -0.25) is 4.79 Å². The number of aromatic amines is 1. The first kappa shape index (κ1) is 19.0. The number of fused-ring (bicyclic) bond motifs is 1. The van der Waals surface area contributed by atoms with E-state index in [4.69, 9.17) is 27.9 Å². The second kappa shape index (κ2) is 7.06. The van der Waals surface area contributed by atoms with Crippen molar-refractivity contribution in [1.29, 1.82) is 0 Å². The van der Waals surface area contributed by atoms with Crippen LogP contribution in [-0.2, 0) is 9.53 Å². The van der Waals surface area contributed by atoms with Crippen molar-refractivity contribution in [3.05, 3.63) is 46.3 Å². The summed E-state index contributed by atoms with van der Waals surface area (Å²) in [5.74, 6) is 1.47. The van der Waals surface area contributed by atoms with Crippen molar-refractivity contribution >= 4 is 46.0 Å². The normalized spacial score (nSPS) is 30.2. The number of esters is 1. The van der Waals surface area contributed by atoms with Gasteiger partial charge in [0.05, 0.1) is 5.02 Å².